The van der Waals surface area contributed by atoms with Crippen molar-refractivity contribution in [2.45, 2.75) is 0 Å². The van der Waals surface area contributed by atoms with Gasteiger partial charge in [0.05, 0.1) is 0 Å². The Balaban J connectivity index is 2.19. The van der Waals surface area contributed by atoms with Gasteiger partial charge in [0, 0.05) is 22.2 Å². The summed E-state index contributed by atoms with van der Waals surface area (Å²) in [6.45, 7) is 0. The number of aromatic nitrogens is 3. The Morgan fingerprint density at radius 3 is 3.00 bits per heavy atom. The van der Waals surface area contributed by atoms with Gasteiger partial charge in [-0.25, -0.2) is 0 Å². The molecule has 4 nitrogen and oxygen atoms in total. The molecule has 1 aromatic carbocycles. The molecule has 0 amide bonds. The van der Waals surface area contributed by atoms with Gasteiger partial charge < -0.3 is 5.32 Å². The van der Waals surface area contributed by atoms with Crippen LogP contribution in [0.2, 0.25) is 5.02 Å². The zero-order valence-corrected chi connectivity index (χ0v) is 8.01. The van der Waals surface area contributed by atoms with E-state index in [2.05, 4.69) is 20.1 Å². The third-order valence-electron chi connectivity index (χ3n) is 1.38. The predicted octanol–water partition coefficient (Wildman–Crippen LogP) is 2.33. The molecule has 0 bridgehead atoms. The lowest BCUT2D eigenvalue weighted by atomic mass is 10.3. The first-order valence-electron chi connectivity index (χ1n) is 3.52. The van der Waals surface area contributed by atoms with Gasteiger partial charge in [-0.3, -0.25) is 0 Å². The molecule has 0 unspecified atom stereocenters. The third-order valence-corrected chi connectivity index (χ3v) is 2.12. The highest BCUT2D eigenvalue weighted by Crippen LogP contribution is 2.19. The van der Waals surface area contributed by atoms with Gasteiger partial charge in [-0.15, -0.1) is 0 Å². The molecule has 6 heteroatoms. The quantitative estimate of drug-likeness (QED) is 0.830. The highest BCUT2D eigenvalue weighted by Gasteiger charge is 1.98. The van der Waals surface area contributed by atoms with Crippen LogP contribution in [0.3, 0.4) is 0 Å². The van der Waals surface area contributed by atoms with E-state index in [9.17, 15) is 0 Å². The van der Waals surface area contributed by atoms with E-state index in [4.69, 9.17) is 11.6 Å². The van der Waals surface area contributed by atoms with Gasteiger partial charge in [0.15, 0.2) is 0 Å². The molecule has 1 heterocycles. The lowest BCUT2D eigenvalue weighted by Crippen LogP contribution is -1.88. The van der Waals surface area contributed by atoms with Gasteiger partial charge >= 0.3 is 0 Å². The van der Waals surface area contributed by atoms with Gasteiger partial charge in [0.2, 0.25) is 5.13 Å². The Morgan fingerprint density at radius 1 is 1.38 bits per heavy atom. The molecule has 0 radical (unpaired) electrons. The molecule has 0 aliphatic heterocycles. The maximum Gasteiger partial charge on any atom is 0.229 e. The number of nitrogens with zero attached hydrogens (tertiary/aromatic N) is 3. The molecule has 1 N–H and O–H groups in total. The maximum absolute atomic E-state index is 5.80. The summed E-state index contributed by atoms with van der Waals surface area (Å²) < 4.78 is 3.63. The Kier molecular flexibility index (Phi) is 2.37. The van der Waals surface area contributed by atoms with E-state index >= 15 is 0 Å². The van der Waals surface area contributed by atoms with Crippen LogP contribution < -0.4 is 5.32 Å². The normalized spacial score (nSPS) is 9.92. The molecule has 0 spiro atoms. The zero-order valence-electron chi connectivity index (χ0n) is 6.44. The molecular weight excluding hydrogens is 208 g/mol. The molecule has 0 aliphatic rings. The minimum absolute atomic E-state index is 0.655. The van der Waals surface area contributed by atoms with Crippen LogP contribution in [0, 0.1) is 0 Å². The largest absolute Gasteiger partial charge is 0.329 e. The van der Waals surface area contributed by atoms with Crippen LogP contribution in [0.5, 0.6) is 0 Å². The van der Waals surface area contributed by atoms with Gasteiger partial charge in [-0.1, -0.05) is 27.3 Å². The Hall–Kier alpha value is -1.20. The SMILES string of the molecule is Clc1cccc(Nc2nnns2)c1. The second-order valence-electron chi connectivity index (χ2n) is 2.30. The number of hydrogen-bond acceptors (Lipinski definition) is 5. The first-order valence-corrected chi connectivity index (χ1v) is 4.67. The van der Waals surface area contributed by atoms with Crippen molar-refractivity contribution in [2.75, 3.05) is 5.32 Å². The first-order chi connectivity index (χ1) is 6.34. The number of hydrogen-bond donors (Lipinski definition) is 1. The van der Waals surface area contributed by atoms with Crippen LogP contribution in [0.1, 0.15) is 0 Å². The van der Waals surface area contributed by atoms with Crippen LogP contribution in [-0.2, 0) is 0 Å². The summed E-state index contributed by atoms with van der Waals surface area (Å²) in [6.07, 6.45) is 0. The summed E-state index contributed by atoms with van der Waals surface area (Å²) in [4.78, 5) is 0. The lowest BCUT2D eigenvalue weighted by molar-refractivity contribution is 0.961. The predicted molar refractivity (Wildman–Crippen MR) is 52.4 cm³/mol. The molecule has 0 saturated carbocycles. The molecule has 0 fully saturated rings. The van der Waals surface area contributed by atoms with Crippen molar-refractivity contribution in [3.05, 3.63) is 29.3 Å². The van der Waals surface area contributed by atoms with Crippen molar-refractivity contribution in [1.29, 1.82) is 0 Å². The molecular formula is C7H5ClN4S. The number of nitrogens with one attached hydrogen (secondary N) is 1. The average Bonchev–Trinajstić information content (AvgIpc) is 2.57. The second kappa shape index (κ2) is 3.68. The number of rotatable bonds is 2. The van der Waals surface area contributed by atoms with E-state index in [1.54, 1.807) is 0 Å². The third kappa shape index (κ3) is 2.13. The summed E-state index contributed by atoms with van der Waals surface area (Å²) in [5.41, 5.74) is 0.881. The van der Waals surface area contributed by atoms with E-state index < -0.39 is 0 Å². The van der Waals surface area contributed by atoms with Crippen LogP contribution >= 0.6 is 23.1 Å². The summed E-state index contributed by atoms with van der Waals surface area (Å²) >= 11 is 6.99. The summed E-state index contributed by atoms with van der Waals surface area (Å²) in [5.74, 6) is 0. The van der Waals surface area contributed by atoms with E-state index in [0.29, 0.717) is 10.2 Å². The Bertz CT molecular complexity index is 389. The van der Waals surface area contributed by atoms with Crippen LogP contribution in [0.25, 0.3) is 0 Å². The molecule has 2 aromatic rings. The second-order valence-corrected chi connectivity index (χ2v) is 3.47. The smallest absolute Gasteiger partial charge is 0.229 e. The van der Waals surface area contributed by atoms with Gasteiger partial charge in [0.1, 0.15) is 0 Å². The van der Waals surface area contributed by atoms with Crippen LogP contribution in [0.15, 0.2) is 24.3 Å². The molecule has 0 saturated heterocycles. The van der Waals surface area contributed by atoms with E-state index in [0.717, 1.165) is 5.69 Å². The minimum Gasteiger partial charge on any atom is -0.329 e. The molecule has 0 atom stereocenters. The first kappa shape index (κ1) is 8.40. The summed E-state index contributed by atoms with van der Waals surface area (Å²) in [7, 11) is 0. The fraction of sp³-hybridized carbons (Fsp3) is 0. The van der Waals surface area contributed by atoms with Crippen molar-refractivity contribution in [2.24, 2.45) is 0 Å². The van der Waals surface area contributed by atoms with Crippen molar-refractivity contribution >= 4 is 34.0 Å². The van der Waals surface area contributed by atoms with Crippen LogP contribution in [0.4, 0.5) is 10.8 Å². The fourth-order valence-electron chi connectivity index (χ4n) is 0.872. The van der Waals surface area contributed by atoms with Gasteiger partial charge in [-0.2, -0.15) is 0 Å². The van der Waals surface area contributed by atoms with Crippen molar-refractivity contribution < 1.29 is 0 Å². The molecule has 1 aromatic heterocycles. The highest BCUT2D eigenvalue weighted by atomic mass is 35.5. The Labute approximate surface area is 83.7 Å². The monoisotopic (exact) mass is 212 g/mol. The molecule has 0 aliphatic carbocycles. The maximum atomic E-state index is 5.80. The van der Waals surface area contributed by atoms with E-state index in [-0.39, 0.29) is 0 Å². The van der Waals surface area contributed by atoms with Gasteiger partial charge in [0.25, 0.3) is 0 Å². The van der Waals surface area contributed by atoms with Crippen LogP contribution in [-0.4, -0.2) is 14.8 Å². The average molecular weight is 213 g/mol. The van der Waals surface area contributed by atoms with E-state index in [1.165, 1.54) is 11.5 Å². The number of benzene rings is 1. The van der Waals surface area contributed by atoms with Crippen molar-refractivity contribution in [1.82, 2.24) is 14.8 Å². The fourth-order valence-corrected chi connectivity index (χ4v) is 1.45. The molecule has 13 heavy (non-hydrogen) atoms. The number of anilines is 2. The molecule has 2 rings (SSSR count). The lowest BCUT2D eigenvalue weighted by Gasteiger charge is -2.00. The van der Waals surface area contributed by atoms with Crippen molar-refractivity contribution in [3.63, 3.8) is 0 Å². The Morgan fingerprint density at radius 2 is 2.31 bits per heavy atom. The summed E-state index contributed by atoms with van der Waals surface area (Å²) in [6, 6.07) is 7.38. The standard InChI is InChI=1S/C7H5ClN4S/c8-5-2-1-3-6(4-5)9-7-10-11-12-13-7/h1-4H,(H,9,10,12). The van der Waals surface area contributed by atoms with Gasteiger partial charge in [-0.05, 0) is 23.4 Å². The van der Waals surface area contributed by atoms with E-state index in [1.807, 2.05) is 24.3 Å². The summed E-state index contributed by atoms with van der Waals surface area (Å²) in [5, 5.41) is 11.6. The zero-order chi connectivity index (χ0) is 9.10. The number of halogens is 1. The minimum atomic E-state index is 0.655. The van der Waals surface area contributed by atoms with Crippen molar-refractivity contribution in [3.8, 4) is 0 Å². The molecule has 66 valence electrons. The topological polar surface area (TPSA) is 50.7 Å². The highest BCUT2D eigenvalue weighted by molar-refractivity contribution is 7.09.